The molecule has 0 saturated heterocycles. The number of amides is 2. The molecule has 0 unspecified atom stereocenters. The van der Waals surface area contributed by atoms with E-state index in [9.17, 15) is 14.9 Å². The van der Waals surface area contributed by atoms with E-state index >= 15 is 0 Å². The van der Waals surface area contributed by atoms with E-state index in [-0.39, 0.29) is 18.1 Å². The minimum Gasteiger partial charge on any atom is -0.497 e. The van der Waals surface area contributed by atoms with Crippen LogP contribution in [0.1, 0.15) is 5.56 Å². The molecule has 178 valence electrons. The number of nitrogens with one attached hydrogen (secondary N) is 2. The summed E-state index contributed by atoms with van der Waals surface area (Å²) >= 11 is 5.85. The van der Waals surface area contributed by atoms with Crippen LogP contribution in [-0.2, 0) is 9.59 Å². The third-order valence-corrected chi connectivity index (χ3v) is 4.95. The summed E-state index contributed by atoms with van der Waals surface area (Å²) in [5, 5.41) is 15.4. The van der Waals surface area contributed by atoms with E-state index in [2.05, 4.69) is 10.6 Å². The summed E-state index contributed by atoms with van der Waals surface area (Å²) < 4.78 is 16.0. The number of methoxy groups -OCH3 is 2. The lowest BCUT2D eigenvalue weighted by atomic mass is 10.1. The van der Waals surface area contributed by atoms with Crippen molar-refractivity contribution < 1.29 is 23.8 Å². The monoisotopic (exact) mass is 491 g/mol. The summed E-state index contributed by atoms with van der Waals surface area (Å²) in [5.41, 5.74) is 1.55. The molecular weight excluding hydrogens is 470 g/mol. The molecule has 0 aromatic heterocycles. The van der Waals surface area contributed by atoms with Gasteiger partial charge in [0.15, 0.2) is 18.1 Å². The number of halogens is 1. The highest BCUT2D eigenvalue weighted by atomic mass is 35.5. The van der Waals surface area contributed by atoms with Gasteiger partial charge in [0, 0.05) is 16.4 Å². The summed E-state index contributed by atoms with van der Waals surface area (Å²) in [6.45, 7) is -0.246. The van der Waals surface area contributed by atoms with Gasteiger partial charge in [-0.2, -0.15) is 5.26 Å². The van der Waals surface area contributed by atoms with Gasteiger partial charge in [-0.3, -0.25) is 9.59 Å². The molecule has 0 aliphatic rings. The van der Waals surface area contributed by atoms with Crippen molar-refractivity contribution in [2.75, 3.05) is 31.5 Å². The van der Waals surface area contributed by atoms with Crippen LogP contribution in [0.3, 0.4) is 0 Å². The van der Waals surface area contributed by atoms with Crippen molar-refractivity contribution in [1.82, 2.24) is 0 Å². The fourth-order valence-corrected chi connectivity index (χ4v) is 3.08. The smallest absolute Gasteiger partial charge is 0.266 e. The Kier molecular flexibility index (Phi) is 8.70. The molecule has 8 nitrogen and oxygen atoms in total. The maximum atomic E-state index is 12.5. The second kappa shape index (κ2) is 12.1. The molecule has 2 N–H and O–H groups in total. The Bertz CT molecular complexity index is 1270. The summed E-state index contributed by atoms with van der Waals surface area (Å²) in [7, 11) is 3.01. The lowest BCUT2D eigenvalue weighted by molar-refractivity contribution is -0.118. The van der Waals surface area contributed by atoms with E-state index in [1.165, 1.54) is 13.2 Å². The average Bonchev–Trinajstić information content (AvgIpc) is 2.88. The predicted octanol–water partition coefficient (Wildman–Crippen LogP) is 4.92. The first-order chi connectivity index (χ1) is 16.9. The quantitative estimate of drug-likeness (QED) is 0.325. The molecule has 3 aromatic rings. The Morgan fingerprint density at radius 3 is 2.20 bits per heavy atom. The molecule has 0 radical (unpaired) electrons. The SMILES string of the molecule is COc1ccc(NC(=O)COc2ccc(/C=C(/C#N)C(=O)Nc3ccc(Cl)cc3)cc2OC)cc1. The number of hydrogen-bond acceptors (Lipinski definition) is 6. The van der Waals surface area contributed by atoms with Gasteiger partial charge >= 0.3 is 0 Å². The van der Waals surface area contributed by atoms with E-state index in [1.807, 2.05) is 6.07 Å². The Balaban J connectivity index is 1.65. The topological polar surface area (TPSA) is 110 Å². The molecule has 0 saturated carbocycles. The lowest BCUT2D eigenvalue weighted by Crippen LogP contribution is -2.20. The molecule has 3 aromatic carbocycles. The molecule has 9 heteroatoms. The van der Waals surface area contributed by atoms with E-state index in [1.54, 1.807) is 73.8 Å². The van der Waals surface area contributed by atoms with E-state index in [4.69, 9.17) is 25.8 Å². The zero-order valence-corrected chi connectivity index (χ0v) is 19.8. The maximum Gasteiger partial charge on any atom is 0.266 e. The van der Waals surface area contributed by atoms with Gasteiger partial charge in [0.05, 0.1) is 14.2 Å². The number of carbonyl (C=O) groups excluding carboxylic acids is 2. The van der Waals surface area contributed by atoms with Crippen LogP contribution in [0.5, 0.6) is 17.2 Å². The second-order valence-electron chi connectivity index (χ2n) is 7.11. The van der Waals surface area contributed by atoms with Gasteiger partial charge in [-0.05, 0) is 72.3 Å². The fraction of sp³-hybridized carbons (Fsp3) is 0.115. The number of nitriles is 1. The molecule has 0 bridgehead atoms. The summed E-state index contributed by atoms with van der Waals surface area (Å²) in [6.07, 6.45) is 1.42. The van der Waals surface area contributed by atoms with Crippen LogP contribution in [0.4, 0.5) is 11.4 Å². The van der Waals surface area contributed by atoms with Crippen LogP contribution in [0.15, 0.2) is 72.3 Å². The van der Waals surface area contributed by atoms with E-state index in [0.29, 0.717) is 39.2 Å². The first-order valence-electron chi connectivity index (χ1n) is 10.4. The van der Waals surface area contributed by atoms with Crippen LogP contribution in [0.2, 0.25) is 5.02 Å². The van der Waals surface area contributed by atoms with Crippen LogP contribution in [0, 0.1) is 11.3 Å². The number of rotatable bonds is 9. The van der Waals surface area contributed by atoms with E-state index in [0.717, 1.165) is 0 Å². The zero-order chi connectivity index (χ0) is 25.2. The molecule has 0 fully saturated rings. The van der Waals surface area contributed by atoms with Gasteiger partial charge in [-0.25, -0.2) is 0 Å². The number of benzene rings is 3. The molecule has 35 heavy (non-hydrogen) atoms. The van der Waals surface area contributed by atoms with Gasteiger partial charge in [-0.1, -0.05) is 17.7 Å². The minimum absolute atomic E-state index is 0.102. The summed E-state index contributed by atoms with van der Waals surface area (Å²) in [5.74, 6) is 0.432. The van der Waals surface area contributed by atoms with Crippen molar-refractivity contribution in [3.8, 4) is 23.3 Å². The highest BCUT2D eigenvalue weighted by molar-refractivity contribution is 6.30. The molecule has 3 rings (SSSR count). The van der Waals surface area contributed by atoms with Gasteiger partial charge in [0.25, 0.3) is 11.8 Å². The van der Waals surface area contributed by atoms with Crippen LogP contribution in [0.25, 0.3) is 6.08 Å². The molecule has 0 spiro atoms. The Morgan fingerprint density at radius 2 is 1.57 bits per heavy atom. The first kappa shape index (κ1) is 25.1. The van der Waals surface area contributed by atoms with Crippen molar-refractivity contribution >= 4 is 40.9 Å². The number of nitrogens with zero attached hydrogens (tertiary/aromatic N) is 1. The normalized spacial score (nSPS) is 10.6. The number of carbonyl (C=O) groups is 2. The van der Waals surface area contributed by atoms with Gasteiger partial charge < -0.3 is 24.8 Å². The van der Waals surface area contributed by atoms with Crippen LogP contribution < -0.4 is 24.8 Å². The number of hydrogen-bond donors (Lipinski definition) is 2. The van der Waals surface area contributed by atoms with Gasteiger partial charge in [0.2, 0.25) is 0 Å². The predicted molar refractivity (Wildman–Crippen MR) is 134 cm³/mol. The Labute approximate surface area is 207 Å². The molecule has 0 aliphatic carbocycles. The highest BCUT2D eigenvalue weighted by Gasteiger charge is 2.12. The summed E-state index contributed by atoms with van der Waals surface area (Å²) in [4.78, 5) is 24.7. The minimum atomic E-state index is -0.565. The lowest BCUT2D eigenvalue weighted by Gasteiger charge is -2.12. The third kappa shape index (κ3) is 7.25. The van der Waals surface area contributed by atoms with Gasteiger partial charge in [0.1, 0.15) is 17.4 Å². The zero-order valence-electron chi connectivity index (χ0n) is 19.0. The highest BCUT2D eigenvalue weighted by Crippen LogP contribution is 2.29. The molecule has 2 amide bonds. The molecular formula is C26H22ClN3O5. The van der Waals surface area contributed by atoms with E-state index < -0.39 is 5.91 Å². The number of anilines is 2. The van der Waals surface area contributed by atoms with Gasteiger partial charge in [-0.15, -0.1) is 0 Å². The maximum absolute atomic E-state index is 12.5. The molecule has 0 aliphatic heterocycles. The van der Waals surface area contributed by atoms with Crippen LogP contribution >= 0.6 is 11.6 Å². The standard InChI is InChI=1S/C26H22ClN3O5/c1-33-22-10-8-20(9-11-22)29-25(31)16-35-23-12-3-17(14-24(23)34-2)13-18(15-28)26(32)30-21-6-4-19(27)5-7-21/h3-14H,16H2,1-2H3,(H,29,31)(H,30,32)/b18-13-. The number of ether oxygens (including phenoxy) is 3. The molecule has 0 atom stereocenters. The largest absolute Gasteiger partial charge is 0.497 e. The third-order valence-electron chi connectivity index (χ3n) is 4.70. The van der Waals surface area contributed by atoms with Crippen molar-refractivity contribution in [2.24, 2.45) is 0 Å². The Morgan fingerprint density at radius 1 is 0.914 bits per heavy atom. The fourth-order valence-electron chi connectivity index (χ4n) is 2.95. The van der Waals surface area contributed by atoms with Crippen molar-refractivity contribution in [1.29, 1.82) is 5.26 Å². The summed E-state index contributed by atoms with van der Waals surface area (Å²) in [6, 6.07) is 20.2. The van der Waals surface area contributed by atoms with Crippen LogP contribution in [-0.4, -0.2) is 32.6 Å². The van der Waals surface area contributed by atoms with Crippen molar-refractivity contribution in [2.45, 2.75) is 0 Å². The molecule has 0 heterocycles. The average molecular weight is 492 g/mol. The Hall–Kier alpha value is -4.48. The first-order valence-corrected chi connectivity index (χ1v) is 10.7. The van der Waals surface area contributed by atoms with Crippen molar-refractivity contribution in [3.05, 3.63) is 82.9 Å². The second-order valence-corrected chi connectivity index (χ2v) is 7.54. The van der Waals surface area contributed by atoms with Crippen molar-refractivity contribution in [3.63, 3.8) is 0 Å².